The summed E-state index contributed by atoms with van der Waals surface area (Å²) in [5.74, 6) is -1.04. The number of carbonyl (C=O) groups is 2. The highest BCUT2D eigenvalue weighted by atomic mass is 16.5. The number of methoxy groups -OCH3 is 2. The minimum Gasteiger partial charge on any atom is -0.493 e. The Morgan fingerprint density at radius 3 is 2.28 bits per heavy atom. The van der Waals surface area contributed by atoms with Crippen LogP contribution in [0.15, 0.2) is 60.7 Å². The van der Waals surface area contributed by atoms with Gasteiger partial charge in [-0.15, -0.1) is 0 Å². The zero-order valence-electron chi connectivity index (χ0n) is 20.2. The van der Waals surface area contributed by atoms with Crippen molar-refractivity contribution in [2.75, 3.05) is 19.5 Å². The van der Waals surface area contributed by atoms with Crippen molar-refractivity contribution in [3.63, 3.8) is 0 Å². The third-order valence-corrected chi connectivity index (χ3v) is 5.39. The maximum atomic E-state index is 13.5. The average Bonchev–Trinajstić information content (AvgIpc) is 2.90. The number of nitrogens with zero attached hydrogens (tertiary/aromatic N) is 1. The molecule has 36 heavy (non-hydrogen) atoms. The Morgan fingerprint density at radius 1 is 1.00 bits per heavy atom. The van der Waals surface area contributed by atoms with Gasteiger partial charge in [-0.25, -0.2) is 4.79 Å². The van der Waals surface area contributed by atoms with Gasteiger partial charge in [-0.1, -0.05) is 30.3 Å². The van der Waals surface area contributed by atoms with Crippen molar-refractivity contribution < 1.29 is 28.9 Å². The lowest BCUT2D eigenvalue weighted by Gasteiger charge is -2.22. The van der Waals surface area contributed by atoms with Gasteiger partial charge in [0.15, 0.2) is 17.6 Å². The Kier molecular flexibility index (Phi) is 8.73. The molecule has 186 valence electrons. The van der Waals surface area contributed by atoms with E-state index in [0.717, 1.165) is 5.56 Å². The van der Waals surface area contributed by atoms with Crippen LogP contribution < -0.4 is 24.8 Å². The predicted molar refractivity (Wildman–Crippen MR) is 133 cm³/mol. The van der Waals surface area contributed by atoms with Gasteiger partial charge in [0.25, 0.3) is 5.91 Å². The number of benzene rings is 3. The molecular weight excluding hydrogens is 462 g/mol. The maximum Gasteiger partial charge on any atom is 0.344 e. The fourth-order valence-corrected chi connectivity index (χ4v) is 3.49. The molecule has 3 aromatic rings. The second-order valence-electron chi connectivity index (χ2n) is 7.77. The molecule has 0 saturated heterocycles. The summed E-state index contributed by atoms with van der Waals surface area (Å²) in [7, 11) is 2.84. The number of hydrogen-bond acceptors (Lipinski definition) is 7. The zero-order valence-corrected chi connectivity index (χ0v) is 20.2. The van der Waals surface area contributed by atoms with Gasteiger partial charge in [-0.3, -0.25) is 4.79 Å². The SMILES string of the molecule is COc1cc(O[C@@H](C)C(=O)O)c(CNc2ccc(C#N)cc2)c(C(=O)NCc2ccccc2)c1OC. The van der Waals surface area contributed by atoms with Crippen LogP contribution in [0.3, 0.4) is 0 Å². The molecule has 3 rings (SSSR count). The number of nitriles is 1. The highest BCUT2D eigenvalue weighted by Gasteiger charge is 2.27. The van der Waals surface area contributed by atoms with Crippen LogP contribution in [0.4, 0.5) is 5.69 Å². The topological polar surface area (TPSA) is 130 Å². The van der Waals surface area contributed by atoms with Gasteiger partial charge in [0, 0.05) is 30.4 Å². The van der Waals surface area contributed by atoms with Gasteiger partial charge in [-0.2, -0.15) is 5.26 Å². The Bertz CT molecular complexity index is 1250. The first-order valence-corrected chi connectivity index (χ1v) is 11.1. The summed E-state index contributed by atoms with van der Waals surface area (Å²) in [5, 5.41) is 24.5. The molecule has 9 heteroatoms. The summed E-state index contributed by atoms with van der Waals surface area (Å²) in [6.45, 7) is 1.76. The normalized spacial score (nSPS) is 11.1. The monoisotopic (exact) mass is 489 g/mol. The average molecular weight is 490 g/mol. The first kappa shape index (κ1) is 25.9. The van der Waals surface area contributed by atoms with Crippen LogP contribution in [0.5, 0.6) is 17.2 Å². The molecule has 3 aromatic carbocycles. The van der Waals surface area contributed by atoms with E-state index in [1.54, 1.807) is 24.3 Å². The molecular formula is C27H27N3O6. The third-order valence-electron chi connectivity index (χ3n) is 5.39. The number of aliphatic carboxylic acids is 1. The van der Waals surface area contributed by atoms with E-state index in [-0.39, 0.29) is 35.9 Å². The van der Waals surface area contributed by atoms with Crippen molar-refractivity contribution in [1.29, 1.82) is 5.26 Å². The van der Waals surface area contributed by atoms with E-state index >= 15 is 0 Å². The van der Waals surface area contributed by atoms with E-state index in [1.807, 2.05) is 30.3 Å². The minimum atomic E-state index is -1.18. The highest BCUT2D eigenvalue weighted by molar-refractivity contribution is 6.00. The van der Waals surface area contributed by atoms with E-state index < -0.39 is 18.0 Å². The maximum absolute atomic E-state index is 13.5. The number of carboxylic acids is 1. The Labute approximate surface area is 209 Å². The van der Waals surface area contributed by atoms with Crippen LogP contribution in [-0.4, -0.2) is 37.3 Å². The molecule has 1 atom stereocenters. The van der Waals surface area contributed by atoms with Crippen LogP contribution in [-0.2, 0) is 17.9 Å². The van der Waals surface area contributed by atoms with Gasteiger partial charge in [0.05, 0.1) is 31.4 Å². The molecule has 0 aliphatic rings. The summed E-state index contributed by atoms with van der Waals surface area (Å²) in [5.41, 5.74) is 2.64. The van der Waals surface area contributed by atoms with Gasteiger partial charge in [0.2, 0.25) is 0 Å². The molecule has 3 N–H and O–H groups in total. The molecule has 0 aliphatic heterocycles. The van der Waals surface area contributed by atoms with Crippen LogP contribution in [0, 0.1) is 11.3 Å². The molecule has 1 amide bonds. The Balaban J connectivity index is 2.05. The lowest BCUT2D eigenvalue weighted by atomic mass is 10.0. The largest absolute Gasteiger partial charge is 0.493 e. The van der Waals surface area contributed by atoms with E-state index in [1.165, 1.54) is 27.2 Å². The molecule has 0 aliphatic carbocycles. The molecule has 9 nitrogen and oxygen atoms in total. The van der Waals surface area contributed by atoms with Crippen molar-refractivity contribution in [3.05, 3.63) is 82.9 Å². The molecule has 0 radical (unpaired) electrons. The number of ether oxygens (including phenoxy) is 3. The molecule has 0 unspecified atom stereocenters. The molecule has 0 aromatic heterocycles. The third kappa shape index (κ3) is 6.24. The zero-order chi connectivity index (χ0) is 26.1. The molecule has 0 bridgehead atoms. The molecule has 0 saturated carbocycles. The standard InChI is InChI=1S/C27H27N3O6/c1-17(27(32)33)36-22-13-23(34-2)25(35-3)24(26(31)30-15-19-7-5-4-6-8-19)21(22)16-29-20-11-9-18(14-28)10-12-20/h4-13,17,29H,15-16H2,1-3H3,(H,30,31)(H,32,33)/t17-/m0/s1. The number of rotatable bonds is 11. The first-order valence-electron chi connectivity index (χ1n) is 11.1. The van der Waals surface area contributed by atoms with Gasteiger partial charge >= 0.3 is 5.97 Å². The molecule has 0 heterocycles. The van der Waals surface area contributed by atoms with E-state index in [4.69, 9.17) is 19.5 Å². The lowest BCUT2D eigenvalue weighted by Crippen LogP contribution is -2.27. The molecule has 0 spiro atoms. The van der Waals surface area contributed by atoms with E-state index in [0.29, 0.717) is 16.8 Å². The molecule has 0 fully saturated rings. The Hall–Kier alpha value is -4.71. The summed E-state index contributed by atoms with van der Waals surface area (Å²) in [6, 6.07) is 19.8. The van der Waals surface area contributed by atoms with Crippen LogP contribution in [0.2, 0.25) is 0 Å². The van der Waals surface area contributed by atoms with Crippen molar-refractivity contribution in [2.45, 2.75) is 26.1 Å². The minimum absolute atomic E-state index is 0.0992. The first-order chi connectivity index (χ1) is 17.4. The fourth-order valence-electron chi connectivity index (χ4n) is 3.49. The van der Waals surface area contributed by atoms with Gasteiger partial charge < -0.3 is 30.0 Å². The van der Waals surface area contributed by atoms with Crippen LogP contribution >= 0.6 is 0 Å². The smallest absolute Gasteiger partial charge is 0.344 e. The van der Waals surface area contributed by atoms with Crippen LogP contribution in [0.25, 0.3) is 0 Å². The second kappa shape index (κ2) is 12.1. The van der Waals surface area contributed by atoms with Gasteiger partial charge in [0.1, 0.15) is 5.75 Å². The van der Waals surface area contributed by atoms with Crippen molar-refractivity contribution >= 4 is 17.6 Å². The number of amides is 1. The lowest BCUT2D eigenvalue weighted by molar-refractivity contribution is -0.144. The number of carbonyl (C=O) groups excluding carboxylic acids is 1. The quantitative estimate of drug-likeness (QED) is 0.369. The number of carboxylic acid groups (broad SMARTS) is 1. The summed E-state index contributed by atoms with van der Waals surface area (Å²) in [6.07, 6.45) is -1.18. The van der Waals surface area contributed by atoms with Crippen molar-refractivity contribution in [1.82, 2.24) is 5.32 Å². The second-order valence-corrected chi connectivity index (χ2v) is 7.77. The highest BCUT2D eigenvalue weighted by Crippen LogP contribution is 2.40. The van der Waals surface area contributed by atoms with Crippen molar-refractivity contribution in [3.8, 4) is 23.3 Å². The predicted octanol–water partition coefficient (Wildman–Crippen LogP) is 3.97. The van der Waals surface area contributed by atoms with Gasteiger partial charge in [-0.05, 0) is 36.8 Å². The van der Waals surface area contributed by atoms with Crippen molar-refractivity contribution in [2.24, 2.45) is 0 Å². The summed E-state index contributed by atoms with van der Waals surface area (Å²) in [4.78, 5) is 25.0. The summed E-state index contributed by atoms with van der Waals surface area (Å²) >= 11 is 0. The number of anilines is 1. The Morgan fingerprint density at radius 2 is 1.69 bits per heavy atom. The number of hydrogen-bond donors (Lipinski definition) is 3. The van der Waals surface area contributed by atoms with E-state index in [9.17, 15) is 14.7 Å². The summed E-state index contributed by atoms with van der Waals surface area (Å²) < 4.78 is 16.7. The van der Waals surface area contributed by atoms with E-state index in [2.05, 4.69) is 16.7 Å². The fraction of sp³-hybridized carbons (Fsp3) is 0.222. The number of nitrogens with one attached hydrogen (secondary N) is 2. The van der Waals surface area contributed by atoms with Crippen LogP contribution in [0.1, 0.15) is 34.0 Å².